The summed E-state index contributed by atoms with van der Waals surface area (Å²) in [5, 5.41) is 0.906. The Labute approximate surface area is 158 Å². The predicted molar refractivity (Wildman–Crippen MR) is 96.7 cm³/mol. The Morgan fingerprint density at radius 2 is 1.92 bits per heavy atom. The molecule has 0 aromatic heterocycles. The van der Waals surface area contributed by atoms with E-state index < -0.39 is 10.0 Å². The van der Waals surface area contributed by atoms with Crippen molar-refractivity contribution in [3.8, 4) is 5.75 Å². The van der Waals surface area contributed by atoms with E-state index in [1.165, 1.54) is 4.31 Å². The lowest BCUT2D eigenvalue weighted by molar-refractivity contribution is -0.150. The van der Waals surface area contributed by atoms with Crippen molar-refractivity contribution in [1.82, 2.24) is 4.31 Å². The third-order valence-corrected chi connectivity index (χ3v) is 6.44. The number of esters is 1. The number of benzene rings is 1. The summed E-state index contributed by atoms with van der Waals surface area (Å²) in [5.41, 5.74) is 0. The molecule has 1 aliphatic rings. The van der Waals surface area contributed by atoms with E-state index in [9.17, 15) is 13.2 Å². The molecule has 1 aliphatic heterocycles. The number of piperidine rings is 1. The fourth-order valence-corrected chi connectivity index (χ4v) is 4.15. The van der Waals surface area contributed by atoms with Gasteiger partial charge in [0.25, 0.3) is 0 Å². The number of halogens is 2. The van der Waals surface area contributed by atoms with E-state index in [2.05, 4.69) is 0 Å². The number of ether oxygens (including phenoxy) is 2. The molecule has 0 saturated carbocycles. The molecule has 1 aromatic carbocycles. The average Bonchev–Trinajstić information content (AvgIpc) is 2.60. The molecule has 9 heteroatoms. The quantitative estimate of drug-likeness (QED) is 0.511. The fraction of sp³-hybridized carbons (Fsp3) is 0.562. The lowest BCUT2D eigenvalue weighted by Gasteiger charge is -2.29. The molecule has 0 N–H and O–H groups in total. The van der Waals surface area contributed by atoms with Gasteiger partial charge in [0.1, 0.15) is 19.0 Å². The average molecular weight is 410 g/mol. The van der Waals surface area contributed by atoms with Crippen LogP contribution in [0.25, 0.3) is 0 Å². The summed E-state index contributed by atoms with van der Waals surface area (Å²) in [4.78, 5) is 12.1. The molecule has 0 amide bonds. The molecule has 140 valence electrons. The van der Waals surface area contributed by atoms with Gasteiger partial charge in [-0.05, 0) is 38.0 Å². The first-order valence-corrected chi connectivity index (χ1v) is 10.4. The highest BCUT2D eigenvalue weighted by Crippen LogP contribution is 2.27. The van der Waals surface area contributed by atoms with E-state index in [0.29, 0.717) is 41.7 Å². The maximum Gasteiger partial charge on any atom is 0.309 e. The van der Waals surface area contributed by atoms with E-state index in [-0.39, 0.29) is 30.9 Å². The zero-order valence-corrected chi connectivity index (χ0v) is 16.2. The second-order valence-electron chi connectivity index (χ2n) is 5.66. The molecule has 1 aromatic rings. The lowest BCUT2D eigenvalue weighted by Crippen LogP contribution is -2.41. The first kappa shape index (κ1) is 20.3. The molecule has 0 radical (unpaired) electrons. The Balaban J connectivity index is 1.71. The van der Waals surface area contributed by atoms with Crippen molar-refractivity contribution in [1.29, 1.82) is 0 Å². The van der Waals surface area contributed by atoms with Gasteiger partial charge in [-0.25, -0.2) is 12.7 Å². The van der Waals surface area contributed by atoms with Crippen LogP contribution in [0.1, 0.15) is 19.8 Å². The zero-order chi connectivity index (χ0) is 18.4. The normalized spacial score (nSPS) is 16.6. The smallest absolute Gasteiger partial charge is 0.309 e. The zero-order valence-electron chi connectivity index (χ0n) is 13.9. The molecule has 1 heterocycles. The van der Waals surface area contributed by atoms with Gasteiger partial charge in [0, 0.05) is 18.1 Å². The van der Waals surface area contributed by atoms with Gasteiger partial charge in [0.15, 0.2) is 0 Å². The van der Waals surface area contributed by atoms with Crippen LogP contribution in [0.4, 0.5) is 0 Å². The van der Waals surface area contributed by atoms with E-state index in [1.54, 1.807) is 25.1 Å². The third-order valence-electron chi connectivity index (χ3n) is 4.02. The molecule has 0 aliphatic carbocycles. The number of hydrogen-bond acceptors (Lipinski definition) is 5. The molecular weight excluding hydrogens is 389 g/mol. The van der Waals surface area contributed by atoms with Crippen molar-refractivity contribution < 1.29 is 22.7 Å². The Kier molecular flexibility index (Phi) is 7.37. The SMILES string of the molecule is CCS(=O)(=O)N1CCC(C(=O)OCCOc2ccc(Cl)cc2Cl)CC1. The van der Waals surface area contributed by atoms with Crippen molar-refractivity contribution in [2.75, 3.05) is 32.1 Å². The van der Waals surface area contributed by atoms with Crippen LogP contribution in [0.2, 0.25) is 10.0 Å². The van der Waals surface area contributed by atoms with Gasteiger partial charge >= 0.3 is 5.97 Å². The minimum atomic E-state index is -3.19. The highest BCUT2D eigenvalue weighted by molar-refractivity contribution is 7.89. The summed E-state index contributed by atoms with van der Waals surface area (Å²) >= 11 is 11.8. The molecule has 0 spiro atoms. The van der Waals surface area contributed by atoms with Crippen LogP contribution in [0.3, 0.4) is 0 Å². The number of hydrogen-bond donors (Lipinski definition) is 0. The second kappa shape index (κ2) is 9.07. The molecule has 0 unspecified atom stereocenters. The van der Waals surface area contributed by atoms with Crippen LogP contribution >= 0.6 is 23.2 Å². The first-order chi connectivity index (χ1) is 11.8. The minimum absolute atomic E-state index is 0.0761. The molecule has 1 saturated heterocycles. The molecule has 25 heavy (non-hydrogen) atoms. The lowest BCUT2D eigenvalue weighted by atomic mass is 9.98. The predicted octanol–water partition coefficient (Wildman–Crippen LogP) is 2.98. The monoisotopic (exact) mass is 409 g/mol. The standard InChI is InChI=1S/C16H21Cl2NO5S/c1-2-25(21,22)19-7-5-12(6-8-19)16(20)24-10-9-23-15-4-3-13(17)11-14(15)18/h3-4,11-12H,2,5-10H2,1H3. The van der Waals surface area contributed by atoms with Crippen LogP contribution in [0, 0.1) is 5.92 Å². The summed E-state index contributed by atoms with van der Waals surface area (Å²) in [6, 6.07) is 4.88. The van der Waals surface area contributed by atoms with Gasteiger partial charge in [0.05, 0.1) is 16.7 Å². The van der Waals surface area contributed by atoms with Gasteiger partial charge in [-0.15, -0.1) is 0 Å². The summed E-state index contributed by atoms with van der Waals surface area (Å²) in [5.74, 6) is -0.0471. The minimum Gasteiger partial charge on any atom is -0.488 e. The number of nitrogens with zero attached hydrogens (tertiary/aromatic N) is 1. The molecule has 0 atom stereocenters. The van der Waals surface area contributed by atoms with Gasteiger partial charge in [-0.1, -0.05) is 23.2 Å². The van der Waals surface area contributed by atoms with Gasteiger partial charge < -0.3 is 9.47 Å². The van der Waals surface area contributed by atoms with E-state index in [1.807, 2.05) is 0 Å². The van der Waals surface area contributed by atoms with Crippen LogP contribution in [0.5, 0.6) is 5.75 Å². The Morgan fingerprint density at radius 3 is 2.52 bits per heavy atom. The summed E-state index contributed by atoms with van der Waals surface area (Å²) < 4.78 is 35.7. The van der Waals surface area contributed by atoms with E-state index >= 15 is 0 Å². The largest absolute Gasteiger partial charge is 0.488 e. The molecule has 6 nitrogen and oxygen atoms in total. The van der Waals surface area contributed by atoms with Crippen LogP contribution in [-0.2, 0) is 19.6 Å². The third kappa shape index (κ3) is 5.74. The fourth-order valence-electron chi connectivity index (χ4n) is 2.56. The maximum absolute atomic E-state index is 12.1. The van der Waals surface area contributed by atoms with E-state index in [4.69, 9.17) is 32.7 Å². The van der Waals surface area contributed by atoms with Crippen LogP contribution in [-0.4, -0.2) is 50.7 Å². The van der Waals surface area contributed by atoms with Gasteiger partial charge in [-0.3, -0.25) is 4.79 Å². The molecule has 1 fully saturated rings. The highest BCUT2D eigenvalue weighted by atomic mass is 35.5. The number of carbonyl (C=O) groups is 1. The van der Waals surface area contributed by atoms with Crippen molar-refractivity contribution in [2.45, 2.75) is 19.8 Å². The van der Waals surface area contributed by atoms with Gasteiger partial charge in [-0.2, -0.15) is 0 Å². The van der Waals surface area contributed by atoms with Crippen LogP contribution < -0.4 is 4.74 Å². The second-order valence-corrected chi connectivity index (χ2v) is 8.77. The highest BCUT2D eigenvalue weighted by Gasteiger charge is 2.30. The maximum atomic E-state index is 12.1. The molecular formula is C16H21Cl2NO5S. The van der Waals surface area contributed by atoms with Crippen molar-refractivity contribution in [3.05, 3.63) is 28.2 Å². The molecule has 2 rings (SSSR count). The topological polar surface area (TPSA) is 72.9 Å². The summed E-state index contributed by atoms with van der Waals surface area (Å²) in [7, 11) is -3.19. The Hall–Kier alpha value is -1.02. The first-order valence-electron chi connectivity index (χ1n) is 8.06. The van der Waals surface area contributed by atoms with Gasteiger partial charge in [0.2, 0.25) is 10.0 Å². The molecule has 0 bridgehead atoms. The Bertz CT molecular complexity index is 702. The van der Waals surface area contributed by atoms with E-state index in [0.717, 1.165) is 0 Å². The number of sulfonamides is 1. The van der Waals surface area contributed by atoms with Crippen molar-refractivity contribution >= 4 is 39.2 Å². The van der Waals surface area contributed by atoms with Crippen LogP contribution in [0.15, 0.2) is 18.2 Å². The van der Waals surface area contributed by atoms with Crippen molar-refractivity contribution in [2.24, 2.45) is 5.92 Å². The van der Waals surface area contributed by atoms with Crippen molar-refractivity contribution in [3.63, 3.8) is 0 Å². The Morgan fingerprint density at radius 1 is 1.24 bits per heavy atom. The number of rotatable bonds is 7. The summed E-state index contributed by atoms with van der Waals surface area (Å²) in [6.45, 7) is 2.60. The summed E-state index contributed by atoms with van der Waals surface area (Å²) in [6.07, 6.45) is 0.948. The number of carbonyl (C=O) groups excluding carboxylic acids is 1.